The highest BCUT2D eigenvalue weighted by atomic mass is 32.1. The number of nitrogens with one attached hydrogen (secondary N) is 2. The number of anilines is 1. The van der Waals surface area contributed by atoms with Crippen molar-refractivity contribution in [2.45, 2.75) is 52.9 Å². The van der Waals surface area contributed by atoms with E-state index in [1.807, 2.05) is 6.92 Å². The van der Waals surface area contributed by atoms with E-state index in [1.54, 1.807) is 11.4 Å². The lowest BCUT2D eigenvalue weighted by molar-refractivity contribution is 0.0732. The highest BCUT2D eigenvalue weighted by molar-refractivity contribution is 7.14. The van der Waals surface area contributed by atoms with Crippen molar-refractivity contribution >= 4 is 28.3 Å². The molecule has 0 radical (unpaired) electrons. The van der Waals surface area contributed by atoms with Gasteiger partial charge in [-0.05, 0) is 34.6 Å². The lowest BCUT2D eigenvalue weighted by Crippen LogP contribution is -2.52. The summed E-state index contributed by atoms with van der Waals surface area (Å²) >= 11 is 1.17. The van der Waals surface area contributed by atoms with Gasteiger partial charge in [0.05, 0.1) is 33.1 Å². The van der Waals surface area contributed by atoms with Gasteiger partial charge in [0, 0.05) is 29.6 Å². The van der Waals surface area contributed by atoms with Crippen molar-refractivity contribution in [3.63, 3.8) is 0 Å². The standard InChI is InChI=1S/C22H32N4O5S/c1-12(2)26(13(3)4)14(5)23-21(28)16-11-32-22(24-16)25-20(27)15-9-18(30-7)19(31-8)10-17(15)29-6/h9-14H,1-8H3,(H,23,28)(H,24,25,27). The van der Waals surface area contributed by atoms with Crippen LogP contribution in [0, 0.1) is 0 Å². The molecule has 9 nitrogen and oxygen atoms in total. The van der Waals surface area contributed by atoms with Crippen molar-refractivity contribution in [3.8, 4) is 17.2 Å². The van der Waals surface area contributed by atoms with Gasteiger partial charge in [-0.25, -0.2) is 4.98 Å². The summed E-state index contributed by atoms with van der Waals surface area (Å²) in [5.74, 6) is 0.421. The van der Waals surface area contributed by atoms with Crippen molar-refractivity contribution in [1.82, 2.24) is 15.2 Å². The van der Waals surface area contributed by atoms with Gasteiger partial charge in [0.2, 0.25) is 0 Å². The Morgan fingerprint density at radius 1 is 0.906 bits per heavy atom. The largest absolute Gasteiger partial charge is 0.496 e. The third-order valence-corrected chi connectivity index (χ3v) is 5.65. The van der Waals surface area contributed by atoms with Crippen LogP contribution in [-0.2, 0) is 0 Å². The van der Waals surface area contributed by atoms with Gasteiger partial charge in [0.1, 0.15) is 11.4 Å². The van der Waals surface area contributed by atoms with Gasteiger partial charge in [-0.3, -0.25) is 19.8 Å². The fourth-order valence-corrected chi connectivity index (χ4v) is 4.32. The molecule has 0 saturated carbocycles. The summed E-state index contributed by atoms with van der Waals surface area (Å²) in [4.78, 5) is 32.0. The van der Waals surface area contributed by atoms with Gasteiger partial charge in [-0.2, -0.15) is 0 Å². The van der Waals surface area contributed by atoms with Crippen LogP contribution >= 0.6 is 11.3 Å². The minimum Gasteiger partial charge on any atom is -0.496 e. The molecule has 2 N–H and O–H groups in total. The number of amides is 2. The van der Waals surface area contributed by atoms with Gasteiger partial charge in [0.25, 0.3) is 11.8 Å². The minimum absolute atomic E-state index is 0.168. The molecule has 10 heteroatoms. The molecule has 2 amide bonds. The molecule has 32 heavy (non-hydrogen) atoms. The molecule has 0 fully saturated rings. The van der Waals surface area contributed by atoms with Crippen molar-refractivity contribution in [1.29, 1.82) is 0 Å². The summed E-state index contributed by atoms with van der Waals surface area (Å²) in [5.41, 5.74) is 0.494. The number of ether oxygens (including phenoxy) is 3. The first-order valence-electron chi connectivity index (χ1n) is 10.3. The molecule has 1 unspecified atom stereocenters. The zero-order valence-corrected chi connectivity index (χ0v) is 20.6. The van der Waals surface area contributed by atoms with E-state index < -0.39 is 5.91 Å². The van der Waals surface area contributed by atoms with E-state index in [2.05, 4.69) is 48.2 Å². The van der Waals surface area contributed by atoms with Crippen LogP contribution in [0.25, 0.3) is 0 Å². The second-order valence-corrected chi connectivity index (χ2v) is 8.54. The Morgan fingerprint density at radius 3 is 2.00 bits per heavy atom. The molecular formula is C22H32N4O5S. The van der Waals surface area contributed by atoms with Crippen LogP contribution < -0.4 is 24.8 Å². The number of thiazole rings is 1. The summed E-state index contributed by atoms with van der Waals surface area (Å²) in [6.45, 7) is 10.3. The van der Waals surface area contributed by atoms with Gasteiger partial charge >= 0.3 is 0 Å². The number of nitrogens with zero attached hydrogens (tertiary/aromatic N) is 2. The van der Waals surface area contributed by atoms with Gasteiger partial charge < -0.3 is 19.5 Å². The maximum Gasteiger partial charge on any atom is 0.272 e. The fraction of sp³-hybridized carbons (Fsp3) is 0.500. The number of benzene rings is 1. The third-order valence-electron chi connectivity index (χ3n) is 4.89. The van der Waals surface area contributed by atoms with Crippen molar-refractivity contribution in [2.75, 3.05) is 26.6 Å². The summed E-state index contributed by atoms with van der Waals surface area (Å²) < 4.78 is 15.8. The van der Waals surface area contributed by atoms with Crippen molar-refractivity contribution < 1.29 is 23.8 Å². The van der Waals surface area contributed by atoms with Gasteiger partial charge in [0.15, 0.2) is 16.6 Å². The van der Waals surface area contributed by atoms with E-state index in [4.69, 9.17) is 14.2 Å². The van der Waals surface area contributed by atoms with Crippen LogP contribution in [0.4, 0.5) is 5.13 Å². The maximum atomic E-state index is 12.8. The molecule has 1 atom stereocenters. The van der Waals surface area contributed by atoms with E-state index in [0.717, 1.165) is 0 Å². The Bertz CT molecular complexity index is 936. The lowest BCUT2D eigenvalue weighted by Gasteiger charge is -2.36. The smallest absolute Gasteiger partial charge is 0.272 e. The molecule has 0 bridgehead atoms. The average molecular weight is 465 g/mol. The zero-order valence-electron chi connectivity index (χ0n) is 19.8. The number of methoxy groups -OCH3 is 3. The molecule has 0 aliphatic heterocycles. The third kappa shape index (κ3) is 5.89. The molecule has 1 heterocycles. The maximum absolute atomic E-state index is 12.8. The fourth-order valence-electron chi connectivity index (χ4n) is 3.64. The SMILES string of the molecule is COc1cc(OC)c(C(=O)Nc2nc(C(=O)NC(C)N(C(C)C)C(C)C)cs2)cc1OC. The number of aromatic nitrogens is 1. The zero-order chi connectivity index (χ0) is 24.0. The molecule has 0 aliphatic carbocycles. The summed E-state index contributed by atoms with van der Waals surface area (Å²) in [6, 6.07) is 3.65. The van der Waals surface area contributed by atoms with Crippen LogP contribution in [0.5, 0.6) is 17.2 Å². The first kappa shape index (κ1) is 25.4. The van der Waals surface area contributed by atoms with Gasteiger partial charge in [-0.1, -0.05) is 0 Å². The summed E-state index contributed by atoms with van der Waals surface area (Å²) in [7, 11) is 4.45. The highest BCUT2D eigenvalue weighted by Gasteiger charge is 2.24. The van der Waals surface area contributed by atoms with E-state index in [1.165, 1.54) is 38.7 Å². The van der Waals surface area contributed by atoms with Crippen LogP contribution in [-0.4, -0.2) is 61.3 Å². The molecule has 0 saturated heterocycles. The van der Waals surface area contributed by atoms with E-state index in [-0.39, 0.29) is 35.4 Å². The molecule has 1 aromatic heterocycles. The van der Waals surface area contributed by atoms with E-state index >= 15 is 0 Å². The molecule has 2 rings (SSSR count). The molecule has 176 valence electrons. The van der Waals surface area contributed by atoms with Crippen LogP contribution in [0.15, 0.2) is 17.5 Å². The Kier molecular flexibility index (Phi) is 8.85. The molecule has 0 aliphatic rings. The number of hydrogen-bond donors (Lipinski definition) is 2. The molecule has 2 aromatic rings. The van der Waals surface area contributed by atoms with E-state index in [9.17, 15) is 9.59 Å². The Labute approximate surface area is 193 Å². The van der Waals surface area contributed by atoms with Crippen molar-refractivity contribution in [3.05, 3.63) is 28.8 Å². The lowest BCUT2D eigenvalue weighted by atomic mass is 10.1. The van der Waals surface area contributed by atoms with Crippen LogP contribution in [0.2, 0.25) is 0 Å². The summed E-state index contributed by atoms with van der Waals surface area (Å²) in [5, 5.41) is 7.59. The average Bonchev–Trinajstić information content (AvgIpc) is 3.20. The minimum atomic E-state index is -0.441. The van der Waals surface area contributed by atoms with Crippen molar-refractivity contribution in [2.24, 2.45) is 0 Å². The van der Waals surface area contributed by atoms with E-state index in [0.29, 0.717) is 22.4 Å². The first-order chi connectivity index (χ1) is 15.1. The quantitative estimate of drug-likeness (QED) is 0.518. The normalized spacial score (nSPS) is 12.1. The Hall–Kier alpha value is -2.85. The highest BCUT2D eigenvalue weighted by Crippen LogP contribution is 2.35. The van der Waals surface area contributed by atoms with Gasteiger partial charge in [-0.15, -0.1) is 11.3 Å². The first-order valence-corrected chi connectivity index (χ1v) is 11.2. The Balaban J connectivity index is 2.15. The number of rotatable bonds is 10. The molecule has 1 aromatic carbocycles. The second-order valence-electron chi connectivity index (χ2n) is 7.68. The van der Waals surface area contributed by atoms with Crippen LogP contribution in [0.1, 0.15) is 55.5 Å². The number of hydrogen-bond acceptors (Lipinski definition) is 8. The number of carbonyl (C=O) groups excluding carboxylic acids is 2. The number of carbonyl (C=O) groups is 2. The molecular weight excluding hydrogens is 432 g/mol. The topological polar surface area (TPSA) is 102 Å². The second kappa shape index (κ2) is 11.1. The molecule has 0 spiro atoms. The van der Waals surface area contributed by atoms with Crippen LogP contribution in [0.3, 0.4) is 0 Å². The Morgan fingerprint density at radius 2 is 1.47 bits per heavy atom. The monoisotopic (exact) mass is 464 g/mol. The summed E-state index contributed by atoms with van der Waals surface area (Å²) in [6.07, 6.45) is -0.168. The predicted octanol–water partition coefficient (Wildman–Crippen LogP) is 3.62. The predicted molar refractivity (Wildman–Crippen MR) is 125 cm³/mol.